The lowest BCUT2D eigenvalue weighted by Crippen LogP contribution is -3.00. The molecule has 4 nitrogen and oxygen atoms in total. The summed E-state index contributed by atoms with van der Waals surface area (Å²) in [5, 5.41) is 17.8. The van der Waals surface area contributed by atoms with Crippen LogP contribution in [-0.2, 0) is 13.0 Å². The van der Waals surface area contributed by atoms with Crippen molar-refractivity contribution in [1.82, 2.24) is 0 Å². The van der Waals surface area contributed by atoms with Crippen LogP contribution in [0.25, 0.3) is 0 Å². The van der Waals surface area contributed by atoms with Crippen molar-refractivity contribution in [3.8, 4) is 0 Å². The lowest BCUT2D eigenvalue weighted by molar-refractivity contribution is -0.689. The molecule has 0 bridgehead atoms. The fourth-order valence-electron chi connectivity index (χ4n) is 1.90. The zero-order valence-corrected chi connectivity index (χ0v) is 13.4. The van der Waals surface area contributed by atoms with E-state index in [1.807, 2.05) is 24.6 Å². The standard InChI is InChI=1S/C14H15NO3S.BrH/c1-10-13(6-7-16)19-9-15(10)8-11-2-4-12(5-3-11)14(17)18;/h2-5,9,16H,6-8H2,1H3;1H. The summed E-state index contributed by atoms with van der Waals surface area (Å²) in [6.07, 6.45) is 0.682. The first-order valence-electron chi connectivity index (χ1n) is 6.01. The van der Waals surface area contributed by atoms with Gasteiger partial charge in [-0.15, -0.1) is 0 Å². The molecule has 0 aliphatic carbocycles. The molecule has 2 N–H and O–H groups in total. The second-order valence-electron chi connectivity index (χ2n) is 4.34. The summed E-state index contributed by atoms with van der Waals surface area (Å²) < 4.78 is 2.12. The van der Waals surface area contributed by atoms with Crippen LogP contribution in [0.1, 0.15) is 26.5 Å². The number of aliphatic hydroxyl groups is 1. The van der Waals surface area contributed by atoms with E-state index in [-0.39, 0.29) is 23.6 Å². The Hall–Kier alpha value is -1.24. The molecular formula is C14H16BrNO3S. The number of aromatic nitrogens is 1. The van der Waals surface area contributed by atoms with Crippen molar-refractivity contribution in [2.45, 2.75) is 19.9 Å². The maximum atomic E-state index is 10.8. The zero-order valence-electron chi connectivity index (χ0n) is 11.0. The van der Waals surface area contributed by atoms with Crippen molar-refractivity contribution in [3.63, 3.8) is 0 Å². The van der Waals surface area contributed by atoms with Gasteiger partial charge in [0.2, 0.25) is 5.51 Å². The summed E-state index contributed by atoms with van der Waals surface area (Å²) in [6, 6.07) is 6.90. The molecule has 0 saturated carbocycles. The van der Waals surface area contributed by atoms with Crippen LogP contribution in [0.2, 0.25) is 0 Å². The minimum atomic E-state index is -0.906. The normalized spacial score (nSPS) is 10.1. The highest BCUT2D eigenvalue weighted by molar-refractivity contribution is 7.09. The summed E-state index contributed by atoms with van der Waals surface area (Å²) in [4.78, 5) is 12.0. The summed E-state index contributed by atoms with van der Waals surface area (Å²) >= 11 is 1.64. The summed E-state index contributed by atoms with van der Waals surface area (Å²) in [5.41, 5.74) is 4.55. The Kier molecular flexibility index (Phi) is 6.32. The fourth-order valence-corrected chi connectivity index (χ4v) is 2.88. The highest BCUT2D eigenvalue weighted by Crippen LogP contribution is 2.12. The summed E-state index contributed by atoms with van der Waals surface area (Å²) in [5.74, 6) is -0.906. The van der Waals surface area contributed by atoms with Crippen molar-refractivity contribution in [3.05, 3.63) is 51.5 Å². The quantitative estimate of drug-likeness (QED) is 0.649. The van der Waals surface area contributed by atoms with E-state index in [0.29, 0.717) is 18.5 Å². The molecule has 0 atom stereocenters. The van der Waals surface area contributed by atoms with Crippen LogP contribution >= 0.6 is 11.3 Å². The molecule has 2 rings (SSSR count). The Bertz CT molecular complexity index is 581. The number of aliphatic hydroxyl groups excluding tert-OH is 1. The number of aromatic carboxylic acids is 1. The Morgan fingerprint density at radius 1 is 1.30 bits per heavy atom. The van der Waals surface area contributed by atoms with Gasteiger partial charge in [-0.2, -0.15) is 4.57 Å². The Morgan fingerprint density at radius 3 is 2.50 bits per heavy atom. The van der Waals surface area contributed by atoms with Crippen LogP contribution in [0.3, 0.4) is 0 Å². The maximum Gasteiger partial charge on any atom is 0.335 e. The van der Waals surface area contributed by atoms with Crippen molar-refractivity contribution in [1.29, 1.82) is 0 Å². The number of carboxylic acids is 1. The van der Waals surface area contributed by atoms with E-state index in [0.717, 1.165) is 11.3 Å². The summed E-state index contributed by atoms with van der Waals surface area (Å²) in [7, 11) is 0. The highest BCUT2D eigenvalue weighted by Gasteiger charge is 2.15. The van der Waals surface area contributed by atoms with E-state index in [4.69, 9.17) is 10.2 Å². The van der Waals surface area contributed by atoms with E-state index in [1.165, 1.54) is 4.88 Å². The number of carbonyl (C=O) groups is 1. The van der Waals surface area contributed by atoms with Gasteiger partial charge in [0, 0.05) is 25.5 Å². The highest BCUT2D eigenvalue weighted by atomic mass is 79.9. The lowest BCUT2D eigenvalue weighted by atomic mass is 10.1. The van der Waals surface area contributed by atoms with E-state index in [1.54, 1.807) is 23.5 Å². The minimum absolute atomic E-state index is 0. The topological polar surface area (TPSA) is 61.4 Å². The van der Waals surface area contributed by atoms with Crippen molar-refractivity contribution in [2.75, 3.05) is 6.61 Å². The van der Waals surface area contributed by atoms with Gasteiger partial charge in [0.05, 0.1) is 10.4 Å². The van der Waals surface area contributed by atoms with Gasteiger partial charge < -0.3 is 27.2 Å². The molecule has 0 fully saturated rings. The van der Waals surface area contributed by atoms with E-state index < -0.39 is 5.97 Å². The number of carboxylic acid groups (broad SMARTS) is 1. The molecule has 6 heteroatoms. The zero-order chi connectivity index (χ0) is 13.8. The third-order valence-electron chi connectivity index (χ3n) is 3.05. The van der Waals surface area contributed by atoms with Gasteiger partial charge in [0.25, 0.3) is 0 Å². The largest absolute Gasteiger partial charge is 1.00 e. The molecule has 0 spiro atoms. The van der Waals surface area contributed by atoms with Crippen LogP contribution in [0.5, 0.6) is 0 Å². The second kappa shape index (κ2) is 7.52. The Balaban J connectivity index is 0.00000200. The first-order chi connectivity index (χ1) is 9.11. The monoisotopic (exact) mass is 357 g/mol. The predicted octanol–water partition coefficient (Wildman–Crippen LogP) is -1.37. The molecule has 0 aliphatic heterocycles. The molecule has 108 valence electrons. The molecule has 0 unspecified atom stereocenters. The molecule has 1 aromatic heterocycles. The minimum Gasteiger partial charge on any atom is -1.00 e. The maximum absolute atomic E-state index is 10.8. The van der Waals surface area contributed by atoms with Crippen LogP contribution in [0.15, 0.2) is 29.8 Å². The number of benzene rings is 1. The number of nitrogens with zero attached hydrogens (tertiary/aromatic N) is 1. The molecular weight excluding hydrogens is 342 g/mol. The van der Waals surface area contributed by atoms with Crippen molar-refractivity contribution >= 4 is 17.3 Å². The molecule has 2 aromatic rings. The molecule has 1 aromatic carbocycles. The van der Waals surface area contributed by atoms with Gasteiger partial charge in [-0.1, -0.05) is 23.5 Å². The van der Waals surface area contributed by atoms with Crippen molar-refractivity contribution in [2.24, 2.45) is 0 Å². The number of halogens is 1. The number of hydrogen-bond donors (Lipinski definition) is 2. The SMILES string of the molecule is Cc1c(CCO)sc[n+]1Cc1ccc(C(=O)O)cc1.[Br-]. The number of hydrogen-bond acceptors (Lipinski definition) is 3. The molecule has 0 aliphatic rings. The van der Waals surface area contributed by atoms with E-state index in [2.05, 4.69) is 4.57 Å². The van der Waals surface area contributed by atoms with Gasteiger partial charge in [0.15, 0.2) is 12.2 Å². The Labute approximate surface area is 132 Å². The van der Waals surface area contributed by atoms with Gasteiger partial charge in [-0.05, 0) is 12.1 Å². The van der Waals surface area contributed by atoms with Gasteiger partial charge in [0.1, 0.15) is 0 Å². The molecule has 1 heterocycles. The van der Waals surface area contributed by atoms with Gasteiger partial charge in [-0.3, -0.25) is 0 Å². The predicted molar refractivity (Wildman–Crippen MR) is 72.5 cm³/mol. The average Bonchev–Trinajstić information content (AvgIpc) is 2.73. The first kappa shape index (κ1) is 16.8. The Morgan fingerprint density at radius 2 is 1.95 bits per heavy atom. The number of thiazole rings is 1. The second-order valence-corrected chi connectivity index (χ2v) is 5.27. The molecule has 20 heavy (non-hydrogen) atoms. The van der Waals surface area contributed by atoms with Crippen LogP contribution in [0.4, 0.5) is 0 Å². The van der Waals surface area contributed by atoms with Crippen molar-refractivity contribution < 1.29 is 36.6 Å². The van der Waals surface area contributed by atoms with E-state index >= 15 is 0 Å². The molecule has 0 saturated heterocycles. The fraction of sp³-hybridized carbons (Fsp3) is 0.286. The summed E-state index contributed by atoms with van der Waals surface area (Å²) in [6.45, 7) is 2.91. The smallest absolute Gasteiger partial charge is 0.335 e. The van der Waals surface area contributed by atoms with Gasteiger partial charge >= 0.3 is 5.97 Å². The van der Waals surface area contributed by atoms with Crippen LogP contribution in [-0.4, -0.2) is 22.8 Å². The lowest BCUT2D eigenvalue weighted by Gasteiger charge is -1.99. The van der Waals surface area contributed by atoms with Gasteiger partial charge in [-0.25, -0.2) is 4.79 Å². The van der Waals surface area contributed by atoms with Crippen LogP contribution in [0, 0.1) is 6.92 Å². The average molecular weight is 358 g/mol. The van der Waals surface area contributed by atoms with Crippen LogP contribution < -0.4 is 21.5 Å². The third-order valence-corrected chi connectivity index (χ3v) is 4.19. The van der Waals surface area contributed by atoms with E-state index in [9.17, 15) is 4.79 Å². The molecule has 0 amide bonds. The third kappa shape index (κ3) is 3.88. The number of rotatable bonds is 5. The molecule has 0 radical (unpaired) electrons. The first-order valence-corrected chi connectivity index (χ1v) is 6.89.